The summed E-state index contributed by atoms with van der Waals surface area (Å²) in [6.07, 6.45) is 1.13. The topological polar surface area (TPSA) is 111 Å². The highest BCUT2D eigenvalue weighted by Gasteiger charge is 2.38. The van der Waals surface area contributed by atoms with Crippen LogP contribution in [0.2, 0.25) is 0 Å². The minimum atomic E-state index is -0.579. The van der Waals surface area contributed by atoms with E-state index in [9.17, 15) is 9.90 Å². The Morgan fingerprint density at radius 3 is 2.83 bits per heavy atom. The zero-order valence-corrected chi connectivity index (χ0v) is 10.1. The van der Waals surface area contributed by atoms with E-state index < -0.39 is 5.91 Å². The van der Waals surface area contributed by atoms with Gasteiger partial charge in [-0.05, 0) is 6.92 Å². The van der Waals surface area contributed by atoms with Gasteiger partial charge in [0, 0.05) is 11.6 Å². The lowest BCUT2D eigenvalue weighted by Gasteiger charge is -2.21. The standard InChI is InChI=1S/C11H17N3O4/c1-6-10(11(12)17)13-5-14(6)8-4-18-9(3-16)7(8)2-15/h5,7-9,15-16H,2-4H2,1H3,(H2,12,17). The maximum atomic E-state index is 11.1. The van der Waals surface area contributed by atoms with Crippen molar-refractivity contribution in [2.45, 2.75) is 19.1 Å². The molecule has 1 aromatic rings. The second kappa shape index (κ2) is 5.05. The zero-order chi connectivity index (χ0) is 13.3. The van der Waals surface area contributed by atoms with Gasteiger partial charge in [-0.1, -0.05) is 0 Å². The maximum absolute atomic E-state index is 11.1. The Morgan fingerprint density at radius 2 is 2.33 bits per heavy atom. The second-order valence-electron chi connectivity index (χ2n) is 4.42. The summed E-state index contributed by atoms with van der Waals surface area (Å²) in [5.74, 6) is -0.798. The molecule has 0 saturated carbocycles. The van der Waals surface area contributed by atoms with Gasteiger partial charge in [-0.2, -0.15) is 0 Å². The molecule has 1 amide bonds. The van der Waals surface area contributed by atoms with Crippen LogP contribution in [-0.4, -0.2) is 51.6 Å². The molecule has 1 aromatic heterocycles. The third-order valence-corrected chi connectivity index (χ3v) is 3.48. The lowest BCUT2D eigenvalue weighted by atomic mass is 9.98. The van der Waals surface area contributed by atoms with Crippen LogP contribution in [-0.2, 0) is 4.74 Å². The Morgan fingerprint density at radius 1 is 1.61 bits per heavy atom. The molecule has 1 saturated heterocycles. The number of carbonyl (C=O) groups excluding carboxylic acids is 1. The van der Waals surface area contributed by atoms with Gasteiger partial charge in [-0.15, -0.1) is 0 Å². The lowest BCUT2D eigenvalue weighted by Crippen LogP contribution is -2.29. The van der Waals surface area contributed by atoms with E-state index in [0.29, 0.717) is 12.3 Å². The fourth-order valence-corrected chi connectivity index (χ4v) is 2.43. The summed E-state index contributed by atoms with van der Waals surface area (Å²) in [6.45, 7) is 1.87. The van der Waals surface area contributed by atoms with Gasteiger partial charge in [0.05, 0.1) is 38.3 Å². The molecule has 3 atom stereocenters. The number of ether oxygens (including phenoxy) is 1. The SMILES string of the molecule is Cc1c(C(N)=O)ncn1C1COC(CO)C1CO. The number of imidazole rings is 1. The number of hydrogen-bond acceptors (Lipinski definition) is 5. The van der Waals surface area contributed by atoms with Crippen LogP contribution in [0.4, 0.5) is 0 Å². The van der Waals surface area contributed by atoms with Gasteiger partial charge >= 0.3 is 0 Å². The molecule has 1 aliphatic heterocycles. The van der Waals surface area contributed by atoms with Gasteiger partial charge in [0.25, 0.3) is 5.91 Å². The van der Waals surface area contributed by atoms with Gasteiger partial charge in [-0.3, -0.25) is 4.79 Å². The first-order valence-electron chi connectivity index (χ1n) is 5.76. The van der Waals surface area contributed by atoms with Crippen molar-refractivity contribution >= 4 is 5.91 Å². The molecule has 0 radical (unpaired) electrons. The number of carbonyl (C=O) groups is 1. The highest BCUT2D eigenvalue weighted by molar-refractivity contribution is 5.91. The fourth-order valence-electron chi connectivity index (χ4n) is 2.43. The first kappa shape index (κ1) is 13.0. The number of nitrogens with two attached hydrogens (primary N) is 1. The number of hydrogen-bond donors (Lipinski definition) is 3. The van der Waals surface area contributed by atoms with Crippen LogP contribution in [0.25, 0.3) is 0 Å². The van der Waals surface area contributed by atoms with Crippen molar-refractivity contribution in [1.29, 1.82) is 0 Å². The third kappa shape index (κ3) is 2.00. The number of primary amides is 1. The summed E-state index contributed by atoms with van der Waals surface area (Å²) >= 11 is 0. The normalized spacial score (nSPS) is 27.6. The molecular weight excluding hydrogens is 238 g/mol. The quantitative estimate of drug-likeness (QED) is 0.628. The first-order chi connectivity index (χ1) is 8.60. The summed E-state index contributed by atoms with van der Waals surface area (Å²) in [5.41, 5.74) is 6.08. The summed E-state index contributed by atoms with van der Waals surface area (Å²) < 4.78 is 7.20. The largest absolute Gasteiger partial charge is 0.396 e. The predicted molar refractivity (Wildman–Crippen MR) is 61.9 cm³/mol. The van der Waals surface area contributed by atoms with Crippen LogP contribution in [0.15, 0.2) is 6.33 Å². The van der Waals surface area contributed by atoms with E-state index in [0.717, 1.165) is 0 Å². The van der Waals surface area contributed by atoms with Crippen molar-refractivity contribution < 1.29 is 19.7 Å². The minimum absolute atomic E-state index is 0.0978. The van der Waals surface area contributed by atoms with Crippen LogP contribution in [0.1, 0.15) is 22.2 Å². The Bertz CT molecular complexity index is 445. The Balaban J connectivity index is 2.29. The fraction of sp³-hybridized carbons (Fsp3) is 0.636. The molecule has 0 bridgehead atoms. The van der Waals surface area contributed by atoms with Gasteiger partial charge < -0.3 is 25.3 Å². The number of aromatic nitrogens is 2. The van der Waals surface area contributed by atoms with Crippen LogP contribution in [0.5, 0.6) is 0 Å². The number of rotatable bonds is 4. The van der Waals surface area contributed by atoms with Crippen molar-refractivity contribution in [2.75, 3.05) is 19.8 Å². The van der Waals surface area contributed by atoms with E-state index in [-0.39, 0.29) is 37.0 Å². The molecule has 0 aromatic carbocycles. The third-order valence-electron chi connectivity index (χ3n) is 3.48. The van der Waals surface area contributed by atoms with E-state index >= 15 is 0 Å². The molecular formula is C11H17N3O4. The molecule has 4 N–H and O–H groups in total. The van der Waals surface area contributed by atoms with Crippen molar-refractivity contribution in [3.63, 3.8) is 0 Å². The first-order valence-corrected chi connectivity index (χ1v) is 5.76. The van der Waals surface area contributed by atoms with E-state index in [2.05, 4.69) is 4.98 Å². The second-order valence-corrected chi connectivity index (χ2v) is 4.42. The summed E-state index contributed by atoms with van der Waals surface area (Å²) in [7, 11) is 0. The van der Waals surface area contributed by atoms with Crippen molar-refractivity contribution in [3.8, 4) is 0 Å². The predicted octanol–water partition coefficient (Wildman–Crippen LogP) is -1.17. The van der Waals surface area contributed by atoms with Gasteiger partial charge in [-0.25, -0.2) is 4.98 Å². The average molecular weight is 255 g/mol. The minimum Gasteiger partial charge on any atom is -0.396 e. The van der Waals surface area contributed by atoms with E-state index in [1.807, 2.05) is 0 Å². The number of nitrogens with zero attached hydrogens (tertiary/aromatic N) is 2. The van der Waals surface area contributed by atoms with E-state index in [1.165, 1.54) is 6.33 Å². The molecule has 1 aliphatic rings. The highest BCUT2D eigenvalue weighted by Crippen LogP contribution is 2.32. The van der Waals surface area contributed by atoms with E-state index in [1.54, 1.807) is 11.5 Å². The summed E-state index contributed by atoms with van der Waals surface area (Å²) in [6, 6.07) is -0.146. The van der Waals surface area contributed by atoms with Crippen LogP contribution in [0, 0.1) is 12.8 Å². The molecule has 3 unspecified atom stereocenters. The Labute approximate surface area is 104 Å². The van der Waals surface area contributed by atoms with Crippen LogP contribution < -0.4 is 5.73 Å². The molecule has 1 fully saturated rings. The molecule has 7 heteroatoms. The average Bonchev–Trinajstić information content (AvgIpc) is 2.91. The molecule has 0 aliphatic carbocycles. The van der Waals surface area contributed by atoms with Crippen molar-refractivity contribution in [2.24, 2.45) is 11.7 Å². The summed E-state index contributed by atoms with van der Waals surface area (Å²) in [5, 5.41) is 18.5. The zero-order valence-electron chi connectivity index (χ0n) is 10.1. The number of amides is 1. The van der Waals surface area contributed by atoms with Crippen LogP contribution >= 0.6 is 0 Å². The van der Waals surface area contributed by atoms with Crippen molar-refractivity contribution in [3.05, 3.63) is 17.7 Å². The molecule has 100 valence electrons. The smallest absolute Gasteiger partial charge is 0.269 e. The van der Waals surface area contributed by atoms with Crippen LogP contribution in [0.3, 0.4) is 0 Å². The van der Waals surface area contributed by atoms with E-state index in [4.69, 9.17) is 15.6 Å². The van der Waals surface area contributed by atoms with Gasteiger partial charge in [0.1, 0.15) is 5.69 Å². The maximum Gasteiger partial charge on any atom is 0.269 e. The van der Waals surface area contributed by atoms with Crippen molar-refractivity contribution in [1.82, 2.24) is 9.55 Å². The number of aliphatic hydroxyl groups is 2. The number of aliphatic hydroxyl groups excluding tert-OH is 2. The van der Waals surface area contributed by atoms with Gasteiger partial charge in [0.2, 0.25) is 0 Å². The molecule has 2 heterocycles. The summed E-state index contributed by atoms with van der Waals surface area (Å²) in [4.78, 5) is 15.1. The Kier molecular flexibility index (Phi) is 3.65. The molecule has 18 heavy (non-hydrogen) atoms. The molecule has 0 spiro atoms. The lowest BCUT2D eigenvalue weighted by molar-refractivity contribution is 0.0268. The molecule has 7 nitrogen and oxygen atoms in total. The molecule has 2 rings (SSSR count). The van der Waals surface area contributed by atoms with Gasteiger partial charge in [0.15, 0.2) is 0 Å². The Hall–Kier alpha value is -1.44. The highest BCUT2D eigenvalue weighted by atomic mass is 16.5. The monoisotopic (exact) mass is 255 g/mol.